The molecule has 1 N–H and O–H groups in total. The van der Waals surface area contributed by atoms with Crippen molar-refractivity contribution >= 4 is 40.0 Å². The molecule has 0 aliphatic heterocycles. The Hall–Kier alpha value is -2.72. The van der Waals surface area contributed by atoms with Crippen molar-refractivity contribution in [2.24, 2.45) is 0 Å². The van der Waals surface area contributed by atoms with Crippen LogP contribution in [0.5, 0.6) is 0 Å². The van der Waals surface area contributed by atoms with Gasteiger partial charge in [-0.1, -0.05) is 24.8 Å². The van der Waals surface area contributed by atoms with Crippen molar-refractivity contribution in [1.29, 1.82) is 0 Å². The number of esters is 1. The average Bonchev–Trinajstić information content (AvgIpc) is 3.31. The number of rotatable bonds is 8. The fraction of sp³-hybridized carbons (Fsp3) is 0.350. The number of hydrogen-bond acceptors (Lipinski definition) is 8. The third kappa shape index (κ3) is 4.54. The standard InChI is InChI=1S/C20H23N5O3S2/c1-5-13-12(3)30-18(16(13)19(27)28-4)22-15(26)11-29-20-24-23-17(25(20)6-2)14-9-7-8-10-21-14/h7-10H,5-6,11H2,1-4H3,(H,22,26). The van der Waals surface area contributed by atoms with Gasteiger partial charge in [0.2, 0.25) is 5.91 Å². The number of pyridine rings is 1. The Morgan fingerprint density at radius 3 is 2.70 bits per heavy atom. The van der Waals surface area contributed by atoms with E-state index in [0.717, 1.165) is 16.1 Å². The Labute approximate surface area is 183 Å². The molecule has 3 aromatic heterocycles. The van der Waals surface area contributed by atoms with Crippen LogP contribution in [0.2, 0.25) is 0 Å². The zero-order chi connectivity index (χ0) is 21.7. The highest BCUT2D eigenvalue weighted by Crippen LogP contribution is 2.34. The van der Waals surface area contributed by atoms with Gasteiger partial charge in [-0.25, -0.2) is 4.79 Å². The van der Waals surface area contributed by atoms with E-state index in [-0.39, 0.29) is 11.7 Å². The second kappa shape index (κ2) is 9.86. The fourth-order valence-corrected chi connectivity index (χ4v) is 5.02. The molecule has 10 heteroatoms. The third-order valence-corrected chi connectivity index (χ3v) is 6.49. The monoisotopic (exact) mass is 445 g/mol. The van der Waals surface area contributed by atoms with Gasteiger partial charge in [-0.2, -0.15) is 0 Å². The number of ether oxygens (including phenoxy) is 1. The summed E-state index contributed by atoms with van der Waals surface area (Å²) in [5.74, 6) is 0.138. The molecule has 0 atom stereocenters. The molecule has 30 heavy (non-hydrogen) atoms. The van der Waals surface area contributed by atoms with Gasteiger partial charge in [-0.15, -0.1) is 21.5 Å². The van der Waals surface area contributed by atoms with Gasteiger partial charge in [0.25, 0.3) is 0 Å². The van der Waals surface area contributed by atoms with Crippen LogP contribution in [0.15, 0.2) is 29.6 Å². The zero-order valence-electron chi connectivity index (χ0n) is 17.3. The molecule has 0 radical (unpaired) electrons. The molecular weight excluding hydrogens is 422 g/mol. The number of nitrogens with zero attached hydrogens (tertiary/aromatic N) is 4. The van der Waals surface area contributed by atoms with Gasteiger partial charge in [0, 0.05) is 17.6 Å². The largest absolute Gasteiger partial charge is 0.465 e. The van der Waals surface area contributed by atoms with Crippen molar-refractivity contribution in [2.75, 3.05) is 18.2 Å². The number of carbonyl (C=O) groups excluding carboxylic acids is 2. The summed E-state index contributed by atoms with van der Waals surface area (Å²) in [6, 6.07) is 5.61. The molecule has 3 heterocycles. The molecule has 0 fully saturated rings. The molecule has 3 aromatic rings. The predicted octanol–water partition coefficient (Wildman–Crippen LogP) is 3.81. The lowest BCUT2D eigenvalue weighted by Gasteiger charge is -2.08. The summed E-state index contributed by atoms with van der Waals surface area (Å²) < 4.78 is 6.82. The summed E-state index contributed by atoms with van der Waals surface area (Å²) in [7, 11) is 1.34. The number of hydrogen-bond donors (Lipinski definition) is 1. The number of aryl methyl sites for hydroxylation is 1. The maximum Gasteiger partial charge on any atom is 0.341 e. The molecule has 3 rings (SSSR count). The van der Waals surface area contributed by atoms with Crippen molar-refractivity contribution in [3.05, 3.63) is 40.4 Å². The van der Waals surface area contributed by atoms with E-state index >= 15 is 0 Å². The van der Waals surface area contributed by atoms with Crippen LogP contribution in [0.1, 0.15) is 34.6 Å². The van der Waals surface area contributed by atoms with Gasteiger partial charge in [-0.3, -0.25) is 9.78 Å². The molecular formula is C20H23N5O3S2. The third-order valence-electron chi connectivity index (χ3n) is 4.46. The number of anilines is 1. The first kappa shape index (κ1) is 22.0. The Balaban J connectivity index is 1.73. The molecule has 158 valence electrons. The van der Waals surface area contributed by atoms with Crippen LogP contribution >= 0.6 is 23.1 Å². The predicted molar refractivity (Wildman–Crippen MR) is 118 cm³/mol. The van der Waals surface area contributed by atoms with Crippen molar-refractivity contribution in [1.82, 2.24) is 19.7 Å². The van der Waals surface area contributed by atoms with Gasteiger partial charge in [-0.05, 0) is 38.0 Å². The minimum atomic E-state index is -0.440. The summed E-state index contributed by atoms with van der Waals surface area (Å²) in [5, 5.41) is 12.5. The Morgan fingerprint density at radius 1 is 1.27 bits per heavy atom. The normalized spacial score (nSPS) is 10.8. The van der Waals surface area contributed by atoms with Gasteiger partial charge < -0.3 is 14.6 Å². The molecule has 0 aliphatic rings. The highest BCUT2D eigenvalue weighted by molar-refractivity contribution is 7.99. The Morgan fingerprint density at radius 2 is 2.07 bits per heavy atom. The van der Waals surface area contributed by atoms with E-state index in [1.54, 1.807) is 6.20 Å². The molecule has 1 amide bonds. The van der Waals surface area contributed by atoms with Crippen LogP contribution in [-0.4, -0.2) is 44.5 Å². The molecule has 0 aromatic carbocycles. The topological polar surface area (TPSA) is 99.0 Å². The van der Waals surface area contributed by atoms with Crippen LogP contribution < -0.4 is 5.32 Å². The van der Waals surface area contributed by atoms with E-state index in [2.05, 4.69) is 20.5 Å². The van der Waals surface area contributed by atoms with Crippen LogP contribution in [0.3, 0.4) is 0 Å². The summed E-state index contributed by atoms with van der Waals surface area (Å²) in [4.78, 5) is 30.1. The summed E-state index contributed by atoms with van der Waals surface area (Å²) in [6.45, 7) is 6.55. The molecule has 0 spiro atoms. The van der Waals surface area contributed by atoms with Gasteiger partial charge in [0.1, 0.15) is 10.7 Å². The van der Waals surface area contributed by atoms with Crippen LogP contribution in [0.4, 0.5) is 5.00 Å². The highest BCUT2D eigenvalue weighted by atomic mass is 32.2. The number of methoxy groups -OCH3 is 1. The van der Waals surface area contributed by atoms with E-state index in [0.29, 0.717) is 34.5 Å². The first-order valence-electron chi connectivity index (χ1n) is 9.47. The molecule has 8 nitrogen and oxygen atoms in total. The number of aromatic nitrogens is 4. The SMILES string of the molecule is CCc1c(C)sc(NC(=O)CSc2nnc(-c3ccccn3)n2CC)c1C(=O)OC. The zero-order valence-corrected chi connectivity index (χ0v) is 18.9. The number of thioether (sulfide) groups is 1. The van der Waals surface area contributed by atoms with Crippen molar-refractivity contribution in [2.45, 2.75) is 38.9 Å². The minimum Gasteiger partial charge on any atom is -0.465 e. The summed E-state index contributed by atoms with van der Waals surface area (Å²) in [5.41, 5.74) is 2.07. The van der Waals surface area contributed by atoms with E-state index < -0.39 is 5.97 Å². The number of nitrogens with one attached hydrogen (secondary N) is 1. The van der Waals surface area contributed by atoms with Crippen molar-refractivity contribution < 1.29 is 14.3 Å². The van der Waals surface area contributed by atoms with Crippen LogP contribution in [0.25, 0.3) is 11.5 Å². The van der Waals surface area contributed by atoms with E-state index in [9.17, 15) is 9.59 Å². The minimum absolute atomic E-state index is 0.138. The molecule has 0 saturated heterocycles. The van der Waals surface area contributed by atoms with E-state index in [4.69, 9.17) is 4.74 Å². The maximum absolute atomic E-state index is 12.6. The van der Waals surface area contributed by atoms with Gasteiger partial charge in [0.05, 0.1) is 18.4 Å². The Bertz CT molecular complexity index is 1050. The van der Waals surface area contributed by atoms with Gasteiger partial charge in [0.15, 0.2) is 11.0 Å². The number of amides is 1. The highest BCUT2D eigenvalue weighted by Gasteiger charge is 2.23. The summed E-state index contributed by atoms with van der Waals surface area (Å²) >= 11 is 2.67. The van der Waals surface area contributed by atoms with Gasteiger partial charge >= 0.3 is 5.97 Å². The quantitative estimate of drug-likeness (QED) is 0.416. The smallest absolute Gasteiger partial charge is 0.341 e. The number of carbonyl (C=O) groups is 2. The summed E-state index contributed by atoms with van der Waals surface area (Å²) in [6.07, 6.45) is 2.39. The van der Waals surface area contributed by atoms with Crippen molar-refractivity contribution in [3.63, 3.8) is 0 Å². The van der Waals surface area contributed by atoms with Crippen LogP contribution in [0, 0.1) is 6.92 Å². The van der Waals surface area contributed by atoms with Crippen LogP contribution in [-0.2, 0) is 22.5 Å². The molecule has 0 saturated carbocycles. The fourth-order valence-electron chi connectivity index (χ4n) is 3.07. The maximum atomic E-state index is 12.6. The average molecular weight is 446 g/mol. The number of thiophene rings is 1. The Kier molecular flexibility index (Phi) is 7.22. The molecule has 0 aliphatic carbocycles. The second-order valence-corrected chi connectivity index (χ2v) is 8.46. The lowest BCUT2D eigenvalue weighted by molar-refractivity contribution is -0.113. The first-order chi connectivity index (χ1) is 14.5. The van der Waals surface area contributed by atoms with E-state index in [1.807, 2.05) is 43.5 Å². The van der Waals surface area contributed by atoms with Crippen molar-refractivity contribution in [3.8, 4) is 11.5 Å². The first-order valence-corrected chi connectivity index (χ1v) is 11.3. The lowest BCUT2D eigenvalue weighted by atomic mass is 10.1. The van der Waals surface area contributed by atoms with E-state index in [1.165, 1.54) is 30.2 Å². The second-order valence-electron chi connectivity index (χ2n) is 6.29. The lowest BCUT2D eigenvalue weighted by Crippen LogP contribution is -2.16. The molecule has 0 bridgehead atoms. The molecule has 0 unspecified atom stereocenters.